The molecule has 1 aliphatic rings. The van der Waals surface area contributed by atoms with Crippen LogP contribution < -0.4 is 4.74 Å². The predicted molar refractivity (Wildman–Crippen MR) is 53.1 cm³/mol. The Morgan fingerprint density at radius 3 is 3.00 bits per heavy atom. The van der Waals surface area contributed by atoms with Gasteiger partial charge in [0, 0.05) is 6.42 Å². The first-order valence-electron chi connectivity index (χ1n) is 4.58. The summed E-state index contributed by atoms with van der Waals surface area (Å²) in [4.78, 5) is 0. The summed E-state index contributed by atoms with van der Waals surface area (Å²) < 4.78 is 5.49. The van der Waals surface area contributed by atoms with Crippen molar-refractivity contribution in [2.75, 3.05) is 6.61 Å². The fourth-order valence-corrected chi connectivity index (χ4v) is 1.93. The molecule has 1 heterocycles. The third-order valence-electron chi connectivity index (χ3n) is 2.56. The van der Waals surface area contributed by atoms with E-state index in [0.717, 1.165) is 18.8 Å². The zero-order valence-corrected chi connectivity index (χ0v) is 7.29. The maximum absolute atomic E-state index is 5.49. The lowest BCUT2D eigenvalue weighted by atomic mass is 10.0. The molecular weight excluding hydrogens is 160 g/mol. The Bertz CT molecular complexity index is 460. The molecule has 0 radical (unpaired) electrons. The first-order chi connectivity index (χ1) is 6.43. The molecule has 2 aromatic carbocycles. The van der Waals surface area contributed by atoms with Crippen LogP contribution in [0.4, 0.5) is 0 Å². The fraction of sp³-hybridized carbons (Fsp3) is 0.167. The van der Waals surface area contributed by atoms with Gasteiger partial charge in [0.15, 0.2) is 0 Å². The molecule has 2 bridgehead atoms. The molecule has 1 aliphatic heterocycles. The Labute approximate surface area is 77.0 Å². The minimum absolute atomic E-state index is 0.825. The maximum atomic E-state index is 5.49. The average molecular weight is 170 g/mol. The molecule has 0 fully saturated rings. The molecule has 64 valence electrons. The third kappa shape index (κ3) is 1.00. The molecule has 1 heteroatoms. The van der Waals surface area contributed by atoms with Crippen molar-refractivity contribution in [2.45, 2.75) is 6.42 Å². The first kappa shape index (κ1) is 6.96. The van der Waals surface area contributed by atoms with Crippen molar-refractivity contribution in [3.63, 3.8) is 0 Å². The Morgan fingerprint density at radius 2 is 2.00 bits per heavy atom. The molecule has 0 atom stereocenters. The van der Waals surface area contributed by atoms with E-state index in [1.165, 1.54) is 16.3 Å². The number of benzene rings is 2. The van der Waals surface area contributed by atoms with Crippen LogP contribution in [-0.2, 0) is 6.42 Å². The molecule has 2 aromatic rings. The van der Waals surface area contributed by atoms with E-state index < -0.39 is 0 Å². The van der Waals surface area contributed by atoms with Crippen molar-refractivity contribution in [2.24, 2.45) is 0 Å². The standard InChI is InChI=1S/C12H10O/c1-2-4-12-9(3-1)7-11-8-10(12)5-6-13-11/h1-4,7-8H,5-6H2. The minimum atomic E-state index is 0.825. The zero-order valence-electron chi connectivity index (χ0n) is 7.29. The second-order valence-electron chi connectivity index (χ2n) is 3.40. The van der Waals surface area contributed by atoms with Crippen LogP contribution in [0, 0.1) is 0 Å². The summed E-state index contributed by atoms with van der Waals surface area (Å²) in [5, 5.41) is 2.66. The normalized spacial score (nSPS) is 14.2. The van der Waals surface area contributed by atoms with Gasteiger partial charge < -0.3 is 4.74 Å². The van der Waals surface area contributed by atoms with Crippen LogP contribution in [-0.4, -0.2) is 6.61 Å². The monoisotopic (exact) mass is 170 g/mol. The molecule has 0 unspecified atom stereocenters. The average Bonchev–Trinajstić information content (AvgIpc) is 2.18. The van der Waals surface area contributed by atoms with Gasteiger partial charge >= 0.3 is 0 Å². The lowest BCUT2D eigenvalue weighted by molar-refractivity contribution is 0.312. The number of rotatable bonds is 0. The van der Waals surface area contributed by atoms with Crippen molar-refractivity contribution in [1.82, 2.24) is 0 Å². The highest BCUT2D eigenvalue weighted by Crippen LogP contribution is 2.28. The summed E-state index contributed by atoms with van der Waals surface area (Å²) in [5.74, 6) is 1.01. The van der Waals surface area contributed by atoms with Gasteiger partial charge in [-0.15, -0.1) is 0 Å². The lowest BCUT2D eigenvalue weighted by Gasteiger charge is -2.16. The lowest BCUT2D eigenvalue weighted by Crippen LogP contribution is -2.07. The van der Waals surface area contributed by atoms with Crippen molar-refractivity contribution >= 4 is 10.8 Å². The van der Waals surface area contributed by atoms with Crippen molar-refractivity contribution in [1.29, 1.82) is 0 Å². The van der Waals surface area contributed by atoms with Crippen LogP contribution in [0.1, 0.15) is 5.56 Å². The smallest absolute Gasteiger partial charge is 0.120 e. The topological polar surface area (TPSA) is 9.23 Å². The fourth-order valence-electron chi connectivity index (χ4n) is 1.93. The molecule has 3 rings (SSSR count). The molecule has 0 saturated carbocycles. The van der Waals surface area contributed by atoms with E-state index in [1.54, 1.807) is 0 Å². The van der Waals surface area contributed by atoms with Gasteiger partial charge in [0.25, 0.3) is 0 Å². The molecule has 1 nitrogen and oxygen atoms in total. The molecule has 0 amide bonds. The van der Waals surface area contributed by atoms with Crippen molar-refractivity contribution in [3.05, 3.63) is 42.0 Å². The zero-order chi connectivity index (χ0) is 8.67. The second-order valence-corrected chi connectivity index (χ2v) is 3.40. The van der Waals surface area contributed by atoms with E-state index in [0.29, 0.717) is 0 Å². The van der Waals surface area contributed by atoms with Gasteiger partial charge in [0.2, 0.25) is 0 Å². The predicted octanol–water partition coefficient (Wildman–Crippen LogP) is 2.77. The highest BCUT2D eigenvalue weighted by molar-refractivity contribution is 5.87. The molecule has 0 aliphatic carbocycles. The highest BCUT2D eigenvalue weighted by Gasteiger charge is 2.09. The van der Waals surface area contributed by atoms with E-state index in [-0.39, 0.29) is 0 Å². The van der Waals surface area contributed by atoms with Gasteiger partial charge in [-0.05, 0) is 28.5 Å². The van der Waals surface area contributed by atoms with Crippen LogP contribution in [0.15, 0.2) is 36.4 Å². The molecule has 0 N–H and O–H groups in total. The quantitative estimate of drug-likeness (QED) is 0.590. The number of hydrogen-bond acceptors (Lipinski definition) is 1. The highest BCUT2D eigenvalue weighted by atomic mass is 16.5. The molecule has 13 heavy (non-hydrogen) atoms. The van der Waals surface area contributed by atoms with E-state index in [1.807, 2.05) is 0 Å². The first-order valence-corrected chi connectivity index (χ1v) is 4.58. The van der Waals surface area contributed by atoms with Gasteiger partial charge in [-0.1, -0.05) is 24.3 Å². The van der Waals surface area contributed by atoms with Crippen LogP contribution in [0.3, 0.4) is 0 Å². The summed E-state index contributed by atoms with van der Waals surface area (Å²) in [7, 11) is 0. The minimum Gasteiger partial charge on any atom is -0.493 e. The van der Waals surface area contributed by atoms with E-state index in [4.69, 9.17) is 4.74 Å². The SMILES string of the molecule is c1ccc2c3cc(cc2c1)OCC3. The van der Waals surface area contributed by atoms with Gasteiger partial charge in [-0.3, -0.25) is 0 Å². The summed E-state index contributed by atoms with van der Waals surface area (Å²) in [5.41, 5.74) is 1.42. The van der Waals surface area contributed by atoms with Crippen molar-refractivity contribution in [3.8, 4) is 5.75 Å². The maximum Gasteiger partial charge on any atom is 0.120 e. The Kier molecular flexibility index (Phi) is 1.33. The largest absolute Gasteiger partial charge is 0.493 e. The number of hydrogen-bond donors (Lipinski definition) is 0. The third-order valence-corrected chi connectivity index (χ3v) is 2.56. The second kappa shape index (κ2) is 2.49. The van der Waals surface area contributed by atoms with Crippen LogP contribution in [0.25, 0.3) is 10.8 Å². The summed E-state index contributed by atoms with van der Waals surface area (Å²) in [6.45, 7) is 0.825. The summed E-state index contributed by atoms with van der Waals surface area (Å²) >= 11 is 0. The van der Waals surface area contributed by atoms with E-state index in [2.05, 4.69) is 36.4 Å². The molecule has 0 spiro atoms. The Morgan fingerprint density at radius 1 is 1.08 bits per heavy atom. The Balaban J connectivity index is 2.43. The van der Waals surface area contributed by atoms with Gasteiger partial charge in [-0.2, -0.15) is 0 Å². The van der Waals surface area contributed by atoms with Gasteiger partial charge in [-0.25, -0.2) is 0 Å². The summed E-state index contributed by atoms with van der Waals surface area (Å²) in [6, 6.07) is 12.7. The van der Waals surface area contributed by atoms with Gasteiger partial charge in [0.1, 0.15) is 5.75 Å². The van der Waals surface area contributed by atoms with E-state index >= 15 is 0 Å². The molecule has 0 saturated heterocycles. The summed E-state index contributed by atoms with van der Waals surface area (Å²) in [6.07, 6.45) is 1.04. The van der Waals surface area contributed by atoms with Crippen LogP contribution in [0.5, 0.6) is 5.75 Å². The number of ether oxygens (including phenoxy) is 1. The van der Waals surface area contributed by atoms with Crippen LogP contribution in [0.2, 0.25) is 0 Å². The van der Waals surface area contributed by atoms with Crippen molar-refractivity contribution < 1.29 is 4.74 Å². The van der Waals surface area contributed by atoms with Crippen LogP contribution >= 0.6 is 0 Å². The number of fused-ring (bicyclic) bond motifs is 4. The molecular formula is C12H10O. The molecule has 0 aromatic heterocycles. The van der Waals surface area contributed by atoms with E-state index in [9.17, 15) is 0 Å². The van der Waals surface area contributed by atoms with Gasteiger partial charge in [0.05, 0.1) is 6.61 Å². The Hall–Kier alpha value is -1.50.